The van der Waals surface area contributed by atoms with Crippen molar-refractivity contribution in [3.63, 3.8) is 0 Å². The molecular weight excluding hydrogens is 346 g/mol. The number of anilines is 1. The Morgan fingerprint density at radius 2 is 1.81 bits per heavy atom. The summed E-state index contributed by atoms with van der Waals surface area (Å²) in [5.74, 6) is 0.623. The molecule has 1 aliphatic heterocycles. The van der Waals surface area contributed by atoms with Gasteiger partial charge in [-0.2, -0.15) is 16.9 Å². The molecular formula is C20H21N3O2S. The van der Waals surface area contributed by atoms with Gasteiger partial charge in [-0.05, 0) is 29.5 Å². The monoisotopic (exact) mass is 367 g/mol. The van der Waals surface area contributed by atoms with Crippen molar-refractivity contribution in [2.45, 2.75) is 25.1 Å². The summed E-state index contributed by atoms with van der Waals surface area (Å²) in [6.07, 6.45) is 2.71. The minimum Gasteiger partial charge on any atom is -0.321 e. The van der Waals surface area contributed by atoms with Crippen LogP contribution in [0, 0.1) is 0 Å². The van der Waals surface area contributed by atoms with Crippen LogP contribution in [0.2, 0.25) is 0 Å². The SMILES string of the molecule is CSCc1ccc(NC(=O)C2=NN(Cc3ccccc3)C(=O)CC2)cc1. The molecule has 0 radical (unpaired) electrons. The van der Waals surface area contributed by atoms with E-state index in [1.807, 2.05) is 54.6 Å². The lowest BCUT2D eigenvalue weighted by molar-refractivity contribution is -0.132. The van der Waals surface area contributed by atoms with Crippen LogP contribution in [0.15, 0.2) is 59.7 Å². The van der Waals surface area contributed by atoms with Crippen molar-refractivity contribution in [2.75, 3.05) is 11.6 Å². The maximum absolute atomic E-state index is 12.5. The number of benzene rings is 2. The second-order valence-corrected chi connectivity index (χ2v) is 6.93. The maximum Gasteiger partial charge on any atom is 0.271 e. The Balaban J connectivity index is 1.67. The Labute approximate surface area is 157 Å². The molecule has 1 heterocycles. The van der Waals surface area contributed by atoms with Crippen LogP contribution in [-0.2, 0) is 21.9 Å². The highest BCUT2D eigenvalue weighted by atomic mass is 32.2. The van der Waals surface area contributed by atoms with Gasteiger partial charge in [-0.25, -0.2) is 5.01 Å². The summed E-state index contributed by atoms with van der Waals surface area (Å²) in [5, 5.41) is 8.54. The van der Waals surface area contributed by atoms with Crippen LogP contribution in [0.4, 0.5) is 5.69 Å². The Hall–Kier alpha value is -2.60. The van der Waals surface area contributed by atoms with Gasteiger partial charge in [0.1, 0.15) is 5.71 Å². The maximum atomic E-state index is 12.5. The standard InChI is InChI=1S/C20H21N3O2S/c1-26-14-16-7-9-17(10-8-16)21-20(25)18-11-12-19(24)23(22-18)13-15-5-3-2-4-6-15/h2-10H,11-14H2,1H3,(H,21,25). The summed E-state index contributed by atoms with van der Waals surface area (Å²) in [7, 11) is 0. The van der Waals surface area contributed by atoms with E-state index in [-0.39, 0.29) is 11.8 Å². The Morgan fingerprint density at radius 3 is 2.50 bits per heavy atom. The molecule has 2 amide bonds. The second kappa shape index (κ2) is 8.67. The van der Waals surface area contributed by atoms with Gasteiger partial charge in [-0.1, -0.05) is 42.5 Å². The molecule has 0 saturated carbocycles. The summed E-state index contributed by atoms with van der Waals surface area (Å²) in [6, 6.07) is 17.4. The Bertz CT molecular complexity index is 804. The van der Waals surface area contributed by atoms with Crippen molar-refractivity contribution in [3.05, 3.63) is 65.7 Å². The molecule has 0 saturated heterocycles. The summed E-state index contributed by atoms with van der Waals surface area (Å²) >= 11 is 1.75. The van der Waals surface area contributed by atoms with Crippen molar-refractivity contribution >= 4 is 35.0 Å². The second-order valence-electron chi connectivity index (χ2n) is 6.07. The first-order chi connectivity index (χ1) is 12.7. The van der Waals surface area contributed by atoms with Gasteiger partial charge in [0.2, 0.25) is 5.91 Å². The van der Waals surface area contributed by atoms with E-state index in [4.69, 9.17) is 0 Å². The molecule has 1 N–H and O–H groups in total. The summed E-state index contributed by atoms with van der Waals surface area (Å²) in [5.41, 5.74) is 3.31. The number of hydrazone groups is 1. The summed E-state index contributed by atoms with van der Waals surface area (Å²) in [6.45, 7) is 0.375. The number of thioether (sulfide) groups is 1. The first kappa shape index (κ1) is 18.2. The highest BCUT2D eigenvalue weighted by Gasteiger charge is 2.24. The summed E-state index contributed by atoms with van der Waals surface area (Å²) < 4.78 is 0. The average Bonchev–Trinajstić information content (AvgIpc) is 2.66. The van der Waals surface area contributed by atoms with Crippen molar-refractivity contribution in [1.29, 1.82) is 0 Å². The van der Waals surface area contributed by atoms with Crippen LogP contribution in [0.3, 0.4) is 0 Å². The number of amides is 2. The molecule has 2 aromatic rings. The molecule has 0 aliphatic carbocycles. The molecule has 2 aromatic carbocycles. The Morgan fingerprint density at radius 1 is 1.08 bits per heavy atom. The normalized spacial score (nSPS) is 14.1. The number of nitrogens with one attached hydrogen (secondary N) is 1. The molecule has 134 valence electrons. The van der Waals surface area contributed by atoms with Gasteiger partial charge in [0.05, 0.1) is 6.54 Å². The van der Waals surface area contributed by atoms with Crippen LogP contribution in [0.25, 0.3) is 0 Å². The van der Waals surface area contributed by atoms with Crippen LogP contribution < -0.4 is 5.32 Å². The Kier molecular flexibility index (Phi) is 6.07. The van der Waals surface area contributed by atoms with E-state index in [9.17, 15) is 9.59 Å². The van der Waals surface area contributed by atoms with Gasteiger partial charge in [-0.3, -0.25) is 9.59 Å². The van der Waals surface area contributed by atoms with E-state index < -0.39 is 0 Å². The predicted octanol–water partition coefficient (Wildman–Crippen LogP) is 3.67. The van der Waals surface area contributed by atoms with Crippen LogP contribution >= 0.6 is 11.8 Å². The third kappa shape index (κ3) is 4.73. The molecule has 0 unspecified atom stereocenters. The first-order valence-corrected chi connectivity index (χ1v) is 9.86. The molecule has 5 nitrogen and oxygen atoms in total. The van der Waals surface area contributed by atoms with Gasteiger partial charge in [0.15, 0.2) is 0 Å². The molecule has 3 rings (SSSR count). The van der Waals surface area contributed by atoms with Crippen LogP contribution in [0.1, 0.15) is 24.0 Å². The first-order valence-electron chi connectivity index (χ1n) is 8.46. The molecule has 1 aliphatic rings. The van der Waals surface area contributed by atoms with Crippen molar-refractivity contribution in [1.82, 2.24) is 5.01 Å². The van der Waals surface area contributed by atoms with E-state index in [1.54, 1.807) is 11.8 Å². The van der Waals surface area contributed by atoms with Crippen LogP contribution in [-0.4, -0.2) is 28.8 Å². The molecule has 26 heavy (non-hydrogen) atoms. The number of carbonyl (C=O) groups is 2. The topological polar surface area (TPSA) is 61.8 Å². The fourth-order valence-corrected chi connectivity index (χ4v) is 3.22. The fourth-order valence-electron chi connectivity index (χ4n) is 2.70. The zero-order valence-electron chi connectivity index (χ0n) is 14.6. The smallest absolute Gasteiger partial charge is 0.271 e. The van der Waals surface area contributed by atoms with Crippen molar-refractivity contribution < 1.29 is 9.59 Å². The van der Waals surface area contributed by atoms with Gasteiger partial charge < -0.3 is 5.32 Å². The molecule has 0 atom stereocenters. The molecule has 6 heteroatoms. The average molecular weight is 367 g/mol. The third-order valence-corrected chi connectivity index (χ3v) is 4.69. The highest BCUT2D eigenvalue weighted by molar-refractivity contribution is 7.97. The van der Waals surface area contributed by atoms with E-state index in [0.29, 0.717) is 25.1 Å². The number of hydrogen-bond acceptors (Lipinski definition) is 4. The number of nitrogens with zero attached hydrogens (tertiary/aromatic N) is 2. The number of hydrogen-bond donors (Lipinski definition) is 1. The van der Waals surface area contributed by atoms with E-state index >= 15 is 0 Å². The van der Waals surface area contributed by atoms with Gasteiger partial charge in [-0.15, -0.1) is 0 Å². The van der Waals surface area contributed by atoms with E-state index in [0.717, 1.165) is 17.0 Å². The van der Waals surface area contributed by atoms with E-state index in [2.05, 4.69) is 16.7 Å². The molecule has 0 aromatic heterocycles. The number of rotatable bonds is 6. The van der Waals surface area contributed by atoms with Gasteiger partial charge in [0.25, 0.3) is 5.91 Å². The summed E-state index contributed by atoms with van der Waals surface area (Å²) in [4.78, 5) is 24.6. The minimum atomic E-state index is -0.256. The fraction of sp³-hybridized carbons (Fsp3) is 0.250. The molecule has 0 spiro atoms. The lowest BCUT2D eigenvalue weighted by Crippen LogP contribution is -2.36. The molecule has 0 bridgehead atoms. The minimum absolute atomic E-state index is 0.0631. The zero-order chi connectivity index (χ0) is 18.4. The predicted molar refractivity (Wildman–Crippen MR) is 106 cm³/mol. The van der Waals surface area contributed by atoms with Crippen molar-refractivity contribution in [3.8, 4) is 0 Å². The van der Waals surface area contributed by atoms with Crippen LogP contribution in [0.5, 0.6) is 0 Å². The zero-order valence-corrected chi connectivity index (χ0v) is 15.5. The van der Waals surface area contributed by atoms with E-state index in [1.165, 1.54) is 10.6 Å². The quantitative estimate of drug-likeness (QED) is 0.847. The number of carbonyl (C=O) groups excluding carboxylic acids is 2. The van der Waals surface area contributed by atoms with Gasteiger partial charge in [0, 0.05) is 24.3 Å². The lowest BCUT2D eigenvalue weighted by atomic mass is 10.1. The largest absolute Gasteiger partial charge is 0.321 e. The molecule has 0 fully saturated rings. The van der Waals surface area contributed by atoms with Crippen molar-refractivity contribution in [2.24, 2.45) is 5.10 Å². The lowest BCUT2D eigenvalue weighted by Gasteiger charge is -2.23. The highest BCUT2D eigenvalue weighted by Crippen LogP contribution is 2.16. The third-order valence-electron chi connectivity index (χ3n) is 4.07. The van der Waals surface area contributed by atoms with Gasteiger partial charge >= 0.3 is 0 Å².